The monoisotopic (exact) mass is 340 g/mol. The maximum absolute atomic E-state index is 10.1. The molecule has 0 unspecified atom stereocenters. The Morgan fingerprint density at radius 1 is 1.12 bits per heavy atom. The van der Waals surface area contributed by atoms with Crippen LogP contribution in [0.1, 0.15) is 68.8 Å². The van der Waals surface area contributed by atoms with Crippen LogP contribution >= 0.6 is 0 Å². The maximum Gasteiger partial charge on any atom is 0.354 e. The van der Waals surface area contributed by atoms with Gasteiger partial charge in [-0.1, -0.05) is 57.9 Å². The molecule has 0 aliphatic heterocycles. The highest BCUT2D eigenvalue weighted by Crippen LogP contribution is 2.07. The molecule has 24 heavy (non-hydrogen) atoms. The molecule has 1 aromatic heterocycles. The summed E-state index contributed by atoms with van der Waals surface area (Å²) in [5.74, 6) is -0.990. The summed E-state index contributed by atoms with van der Waals surface area (Å²) in [6.07, 6.45) is 12.1. The summed E-state index contributed by atoms with van der Waals surface area (Å²) in [6, 6.07) is 4.76. The van der Waals surface area contributed by atoms with Gasteiger partial charge in [0.25, 0.3) is 0 Å². The highest BCUT2D eigenvalue weighted by atomic mass is 16.6. The Morgan fingerprint density at radius 2 is 1.79 bits per heavy atom. The van der Waals surface area contributed by atoms with Crippen LogP contribution in [-0.2, 0) is 4.84 Å². The Hall–Kier alpha value is -1.50. The molecular formula is C18H32N2O4. The number of aliphatic hydroxyl groups is 1. The number of aromatic carboxylic acids is 1. The second kappa shape index (κ2) is 17.8. The molecule has 0 atom stereocenters. The molecule has 6 heteroatoms. The Balaban J connectivity index is 0.000000496. The number of aromatic nitrogens is 1. The quantitative estimate of drug-likeness (QED) is 0.376. The second-order valence-electron chi connectivity index (χ2n) is 5.46. The van der Waals surface area contributed by atoms with Crippen molar-refractivity contribution in [2.45, 2.75) is 58.3 Å². The van der Waals surface area contributed by atoms with Gasteiger partial charge in [0, 0.05) is 12.7 Å². The summed E-state index contributed by atoms with van der Waals surface area (Å²) in [5.41, 5.74) is 2.92. The number of nitrogens with one attached hydrogen (secondary N) is 1. The summed E-state index contributed by atoms with van der Waals surface area (Å²) in [6.45, 7) is 3.62. The predicted molar refractivity (Wildman–Crippen MR) is 94.8 cm³/mol. The van der Waals surface area contributed by atoms with Gasteiger partial charge in [-0.25, -0.2) is 15.3 Å². The van der Waals surface area contributed by atoms with Gasteiger partial charge in [-0.15, -0.1) is 0 Å². The van der Waals surface area contributed by atoms with Gasteiger partial charge in [0.05, 0.1) is 13.2 Å². The molecule has 0 fully saturated rings. The van der Waals surface area contributed by atoms with Gasteiger partial charge in [-0.2, -0.15) is 0 Å². The van der Waals surface area contributed by atoms with E-state index in [0.29, 0.717) is 6.61 Å². The zero-order valence-corrected chi connectivity index (χ0v) is 14.7. The van der Waals surface area contributed by atoms with Gasteiger partial charge < -0.3 is 10.2 Å². The lowest BCUT2D eigenvalue weighted by Gasteiger charge is -2.04. The molecule has 6 nitrogen and oxygen atoms in total. The van der Waals surface area contributed by atoms with Crippen molar-refractivity contribution in [2.75, 3.05) is 19.8 Å². The van der Waals surface area contributed by atoms with Crippen LogP contribution in [0.15, 0.2) is 24.4 Å². The lowest BCUT2D eigenvalue weighted by molar-refractivity contribution is 0.0170. The highest BCUT2D eigenvalue weighted by Gasteiger charge is 1.98. The number of carboxylic acids is 1. The predicted octanol–water partition coefficient (Wildman–Crippen LogP) is 3.42. The molecule has 0 amide bonds. The average Bonchev–Trinajstić information content (AvgIpc) is 2.61. The molecule has 3 N–H and O–H groups in total. The number of aliphatic hydroxyl groups excluding tert-OH is 1. The van der Waals surface area contributed by atoms with Crippen LogP contribution in [0.5, 0.6) is 0 Å². The van der Waals surface area contributed by atoms with Crippen molar-refractivity contribution >= 4 is 5.97 Å². The topological polar surface area (TPSA) is 91.7 Å². The third-order valence-electron chi connectivity index (χ3n) is 3.31. The van der Waals surface area contributed by atoms with E-state index in [1.165, 1.54) is 63.6 Å². The molecule has 0 aliphatic rings. The fourth-order valence-corrected chi connectivity index (χ4v) is 2.01. The Bertz CT molecular complexity index is 376. The van der Waals surface area contributed by atoms with Crippen molar-refractivity contribution in [1.29, 1.82) is 0 Å². The lowest BCUT2D eigenvalue weighted by atomic mass is 10.1. The smallest absolute Gasteiger partial charge is 0.354 e. The van der Waals surface area contributed by atoms with Crippen LogP contribution in [0.2, 0.25) is 0 Å². The number of hydrogen-bond acceptors (Lipinski definition) is 5. The molecular weight excluding hydrogens is 308 g/mol. The van der Waals surface area contributed by atoms with E-state index in [9.17, 15) is 4.79 Å². The molecule has 0 saturated heterocycles. The summed E-state index contributed by atoms with van der Waals surface area (Å²) in [4.78, 5) is 18.7. The minimum atomic E-state index is -0.990. The van der Waals surface area contributed by atoms with Crippen molar-refractivity contribution in [3.8, 4) is 0 Å². The number of nitrogens with zero attached hydrogens (tertiary/aromatic N) is 1. The molecule has 0 aromatic carbocycles. The van der Waals surface area contributed by atoms with E-state index in [1.807, 2.05) is 0 Å². The SMILES string of the molecule is CCCCCCCCCCNOCCO.O=C(O)c1ccccn1. The normalized spacial score (nSPS) is 10.1. The van der Waals surface area contributed by atoms with Gasteiger partial charge >= 0.3 is 5.97 Å². The molecule has 1 aromatic rings. The van der Waals surface area contributed by atoms with Crippen molar-refractivity contribution in [3.05, 3.63) is 30.1 Å². The third-order valence-corrected chi connectivity index (χ3v) is 3.31. The Morgan fingerprint density at radius 3 is 2.29 bits per heavy atom. The third kappa shape index (κ3) is 15.4. The standard InChI is InChI=1S/C12H27NO2.C6H5NO2/c1-2-3-4-5-6-7-8-9-10-13-15-12-11-14;8-6(9)5-3-1-2-4-7-5/h13-14H,2-12H2,1H3;1-4H,(H,8,9). The molecule has 0 saturated carbocycles. The minimum Gasteiger partial charge on any atom is -0.477 e. The van der Waals surface area contributed by atoms with E-state index in [-0.39, 0.29) is 12.3 Å². The maximum atomic E-state index is 10.1. The first-order valence-corrected chi connectivity index (χ1v) is 8.82. The number of hydrogen-bond donors (Lipinski definition) is 3. The van der Waals surface area contributed by atoms with Gasteiger partial charge in [0.15, 0.2) is 0 Å². The van der Waals surface area contributed by atoms with Crippen LogP contribution in [0.4, 0.5) is 0 Å². The van der Waals surface area contributed by atoms with Crippen molar-refractivity contribution in [3.63, 3.8) is 0 Å². The molecule has 1 heterocycles. The van der Waals surface area contributed by atoms with Crippen molar-refractivity contribution < 1.29 is 19.8 Å². The molecule has 0 bridgehead atoms. The molecule has 0 radical (unpaired) electrons. The van der Waals surface area contributed by atoms with Gasteiger partial charge in [0.1, 0.15) is 5.69 Å². The molecule has 1 rings (SSSR count). The van der Waals surface area contributed by atoms with E-state index in [4.69, 9.17) is 15.1 Å². The second-order valence-corrected chi connectivity index (χ2v) is 5.46. The van der Waals surface area contributed by atoms with Gasteiger partial charge in [-0.05, 0) is 18.6 Å². The fourth-order valence-electron chi connectivity index (χ4n) is 2.01. The van der Waals surface area contributed by atoms with E-state index in [1.54, 1.807) is 12.1 Å². The van der Waals surface area contributed by atoms with Crippen LogP contribution in [0.25, 0.3) is 0 Å². The highest BCUT2D eigenvalue weighted by molar-refractivity contribution is 5.85. The first-order chi connectivity index (χ1) is 11.7. The van der Waals surface area contributed by atoms with Gasteiger partial charge in [-0.3, -0.25) is 4.84 Å². The number of hydroxylamine groups is 1. The van der Waals surface area contributed by atoms with E-state index in [2.05, 4.69) is 17.4 Å². The number of rotatable bonds is 13. The van der Waals surface area contributed by atoms with E-state index >= 15 is 0 Å². The van der Waals surface area contributed by atoms with Crippen LogP contribution in [-0.4, -0.2) is 40.9 Å². The van der Waals surface area contributed by atoms with Crippen LogP contribution < -0.4 is 5.48 Å². The van der Waals surface area contributed by atoms with E-state index in [0.717, 1.165) is 6.54 Å². The van der Waals surface area contributed by atoms with Gasteiger partial charge in [0.2, 0.25) is 0 Å². The summed E-state index contributed by atoms with van der Waals surface area (Å²) < 4.78 is 0. The number of carboxylic acid groups (broad SMARTS) is 1. The average molecular weight is 340 g/mol. The van der Waals surface area contributed by atoms with Crippen LogP contribution in [0, 0.1) is 0 Å². The lowest BCUT2D eigenvalue weighted by Crippen LogP contribution is -2.18. The Labute approximate surface area is 145 Å². The Kier molecular flexibility index (Phi) is 16.7. The van der Waals surface area contributed by atoms with Crippen molar-refractivity contribution in [2.24, 2.45) is 0 Å². The zero-order valence-electron chi connectivity index (χ0n) is 14.7. The largest absolute Gasteiger partial charge is 0.477 e. The summed E-state index contributed by atoms with van der Waals surface area (Å²) in [7, 11) is 0. The summed E-state index contributed by atoms with van der Waals surface area (Å²) in [5, 5.41) is 16.8. The number of carbonyl (C=O) groups is 1. The number of unbranched alkanes of at least 4 members (excludes halogenated alkanes) is 7. The zero-order chi connectivity index (χ0) is 17.9. The molecule has 138 valence electrons. The molecule has 0 spiro atoms. The van der Waals surface area contributed by atoms with Crippen molar-refractivity contribution in [1.82, 2.24) is 10.5 Å². The molecule has 0 aliphatic carbocycles. The van der Waals surface area contributed by atoms with Crippen LogP contribution in [0.3, 0.4) is 0 Å². The fraction of sp³-hybridized carbons (Fsp3) is 0.667. The first kappa shape index (κ1) is 22.5. The summed E-state index contributed by atoms with van der Waals surface area (Å²) >= 11 is 0. The van der Waals surface area contributed by atoms with E-state index < -0.39 is 5.97 Å². The first-order valence-electron chi connectivity index (χ1n) is 8.82. The number of pyridine rings is 1. The minimum absolute atomic E-state index is 0.0810.